The molecule has 4 heterocycles. The number of β-lactam (4-membered cyclic amide) rings is 1. The number of nitrogens with one attached hydrogen (secondary N) is 1. The summed E-state index contributed by atoms with van der Waals surface area (Å²) in [5, 5.41) is 22.1. The number of rotatable bonds is 7. The topological polar surface area (TPSA) is 151 Å². The molecule has 2 aromatic rings. The molecule has 3 atom stereocenters. The molecule has 4 rings (SSSR count). The van der Waals surface area contributed by atoms with Crippen LogP contribution in [0, 0.1) is 5.41 Å². The average molecular weight is 611 g/mol. The maximum atomic E-state index is 12.7. The molecule has 15 heteroatoms. The van der Waals surface area contributed by atoms with E-state index >= 15 is 0 Å². The predicted octanol–water partition coefficient (Wildman–Crippen LogP) is 1.62. The van der Waals surface area contributed by atoms with Gasteiger partial charge in [0.2, 0.25) is 5.91 Å². The Morgan fingerprint density at radius 1 is 1.48 bits per heavy atom. The van der Waals surface area contributed by atoms with E-state index in [2.05, 4.69) is 20.5 Å². The minimum absolute atomic E-state index is 0.0919. The number of carboxylic acids is 1. The second-order valence-electron chi connectivity index (χ2n) is 6.79. The summed E-state index contributed by atoms with van der Waals surface area (Å²) in [5.41, 5.74) is 6.93. The molecule has 2 unspecified atom stereocenters. The van der Waals surface area contributed by atoms with E-state index in [9.17, 15) is 19.5 Å². The largest absolute Gasteiger partial charge is 0.481 e. The number of carbonyl (C=O) groups is 3. The first kappa shape index (κ1) is 22.8. The van der Waals surface area contributed by atoms with Crippen LogP contribution in [0.15, 0.2) is 19.3 Å². The number of aromatic nitrogens is 3. The molecule has 0 saturated carbocycles. The smallest absolute Gasteiger partial charge is 0.313 e. The third kappa shape index (κ3) is 4.42. The van der Waals surface area contributed by atoms with Crippen molar-refractivity contribution in [3.8, 4) is 0 Å². The fraction of sp³-hybridized carbons (Fsp3) is 0.375. The summed E-state index contributed by atoms with van der Waals surface area (Å²) in [6.07, 6.45) is 0. The monoisotopic (exact) mass is 610 g/mol. The molecule has 0 bridgehead atoms. The number of hydrogen-bond donors (Lipinski definition) is 3. The van der Waals surface area contributed by atoms with Gasteiger partial charge in [0, 0.05) is 23.4 Å². The van der Waals surface area contributed by atoms with Gasteiger partial charge in [0.25, 0.3) is 5.91 Å². The number of nitrogens with two attached hydrogens (primary N) is 1. The van der Waals surface area contributed by atoms with E-state index in [1.54, 1.807) is 15.0 Å². The lowest BCUT2D eigenvalue weighted by Crippen LogP contribution is -2.74. The summed E-state index contributed by atoms with van der Waals surface area (Å²) >= 11 is 7.21. The van der Waals surface area contributed by atoms with Crippen molar-refractivity contribution in [2.24, 2.45) is 5.41 Å². The molecular weight excluding hydrogens is 595 g/mol. The molecule has 10 nitrogen and oxygen atoms in total. The fourth-order valence-corrected chi connectivity index (χ4v) is 7.70. The zero-order valence-corrected chi connectivity index (χ0v) is 21.0. The molecule has 0 aliphatic carbocycles. The Bertz CT molecular complexity index is 1050. The van der Waals surface area contributed by atoms with Crippen molar-refractivity contribution in [3.63, 3.8) is 0 Å². The highest BCUT2D eigenvalue weighted by atomic mass is 127. The number of fused-ring (bicyclic) bond motifs is 1. The number of thioether (sulfide) groups is 2. The molecule has 2 aliphatic rings. The van der Waals surface area contributed by atoms with E-state index in [4.69, 9.17) is 5.73 Å². The normalized spacial score (nSPS) is 25.6. The van der Waals surface area contributed by atoms with Crippen LogP contribution < -0.4 is 11.1 Å². The van der Waals surface area contributed by atoms with Crippen LogP contribution in [-0.2, 0) is 14.4 Å². The summed E-state index contributed by atoms with van der Waals surface area (Å²) in [7, 11) is 0. The molecule has 2 aromatic heterocycles. The maximum Gasteiger partial charge on any atom is 0.313 e. The Hall–Kier alpha value is -1.43. The van der Waals surface area contributed by atoms with Crippen molar-refractivity contribution in [2.75, 3.05) is 23.8 Å². The van der Waals surface area contributed by atoms with Gasteiger partial charge in [-0.2, -0.15) is 0 Å². The molecule has 2 amide bonds. The maximum absolute atomic E-state index is 12.7. The number of carbonyl (C=O) groups excluding carboxylic acids is 2. The highest BCUT2D eigenvalue weighted by Crippen LogP contribution is 2.44. The molecule has 2 aliphatic heterocycles. The number of carboxylic acid groups (broad SMARTS) is 1. The number of nitrogen functional groups attached to an aromatic ring is 1. The first-order valence-corrected chi connectivity index (χ1v) is 13.8. The Morgan fingerprint density at radius 3 is 2.90 bits per heavy atom. The summed E-state index contributed by atoms with van der Waals surface area (Å²) in [6, 6.07) is -0.706. The van der Waals surface area contributed by atoms with E-state index in [1.165, 1.54) is 51.1 Å². The van der Waals surface area contributed by atoms with Crippen LogP contribution in [0.5, 0.6) is 0 Å². The van der Waals surface area contributed by atoms with E-state index in [-0.39, 0.29) is 23.6 Å². The first-order valence-electron chi connectivity index (χ1n) is 8.72. The van der Waals surface area contributed by atoms with Gasteiger partial charge in [0.05, 0.1) is 11.3 Å². The quantitative estimate of drug-likeness (QED) is 0.183. The standard InChI is InChI=1S/C16H15IN6O4S4/c17-1-7(8-2-28-14(18)20-8)10(24)21-9-11(25)23-3-16(13(26)27,4-29-12(9)23)5-30-15-22-19-6-31-15/h1-2,6,9,12H,3-5H2,(H2,18,20)(H,21,24)(H,26,27)/t9?,12-,16?/m1/s1. The van der Waals surface area contributed by atoms with Crippen molar-refractivity contribution in [2.45, 2.75) is 15.8 Å². The highest BCUT2D eigenvalue weighted by molar-refractivity contribution is 14.1. The van der Waals surface area contributed by atoms with Gasteiger partial charge in [-0.3, -0.25) is 14.4 Å². The highest BCUT2D eigenvalue weighted by Gasteiger charge is 2.57. The van der Waals surface area contributed by atoms with Gasteiger partial charge >= 0.3 is 5.97 Å². The molecule has 2 saturated heterocycles. The number of nitrogens with zero attached hydrogens (tertiary/aromatic N) is 4. The molecule has 2 fully saturated rings. The minimum atomic E-state index is -1.09. The Morgan fingerprint density at radius 2 is 2.29 bits per heavy atom. The summed E-state index contributed by atoms with van der Waals surface area (Å²) in [6.45, 7) is 0.0919. The molecule has 0 spiro atoms. The van der Waals surface area contributed by atoms with Crippen molar-refractivity contribution < 1.29 is 19.5 Å². The number of anilines is 1. The van der Waals surface area contributed by atoms with Crippen molar-refractivity contribution >= 4 is 97.3 Å². The second-order valence-corrected chi connectivity index (χ2v) is 11.5. The number of halogens is 1. The Labute approximate surface area is 206 Å². The van der Waals surface area contributed by atoms with Gasteiger partial charge in [0.1, 0.15) is 22.3 Å². The minimum Gasteiger partial charge on any atom is -0.481 e. The van der Waals surface area contributed by atoms with E-state index in [1.807, 2.05) is 22.6 Å². The predicted molar refractivity (Wildman–Crippen MR) is 129 cm³/mol. The van der Waals surface area contributed by atoms with Crippen LogP contribution in [0.3, 0.4) is 0 Å². The van der Waals surface area contributed by atoms with Gasteiger partial charge in [-0.05, 0) is 4.08 Å². The van der Waals surface area contributed by atoms with Gasteiger partial charge in [-0.15, -0.1) is 33.3 Å². The average Bonchev–Trinajstić information content (AvgIpc) is 3.42. The van der Waals surface area contributed by atoms with E-state index in [0.29, 0.717) is 26.5 Å². The van der Waals surface area contributed by atoms with Crippen LogP contribution in [-0.4, -0.2) is 72.4 Å². The number of hydrogen-bond acceptors (Lipinski definition) is 11. The molecule has 4 N–H and O–H groups in total. The second kappa shape index (κ2) is 9.21. The zero-order valence-electron chi connectivity index (χ0n) is 15.6. The van der Waals surface area contributed by atoms with Crippen LogP contribution in [0.2, 0.25) is 0 Å². The molecular formula is C16H15IN6O4S4. The van der Waals surface area contributed by atoms with Crippen molar-refractivity contribution in [3.05, 3.63) is 20.7 Å². The van der Waals surface area contributed by atoms with Crippen LogP contribution in [0.4, 0.5) is 5.13 Å². The SMILES string of the molecule is Nc1nc(C(=CI)C(=O)NC2C(=O)N3CC(CSc4nncs4)(C(=O)O)CS[C@H]23)cs1. The van der Waals surface area contributed by atoms with Gasteiger partial charge in [-0.1, -0.05) is 45.7 Å². The Kier molecular flexibility index (Phi) is 6.76. The van der Waals surface area contributed by atoms with Crippen LogP contribution >= 0.6 is 68.8 Å². The fourth-order valence-electron chi connectivity index (χ4n) is 3.18. The van der Waals surface area contributed by atoms with Gasteiger partial charge in [-0.25, -0.2) is 4.98 Å². The van der Waals surface area contributed by atoms with Crippen molar-refractivity contribution in [1.29, 1.82) is 0 Å². The lowest BCUT2D eigenvalue weighted by Gasteiger charge is -2.53. The van der Waals surface area contributed by atoms with Gasteiger partial charge in [0.15, 0.2) is 9.47 Å². The molecule has 164 valence electrons. The number of thiazole rings is 1. The third-order valence-electron chi connectivity index (χ3n) is 4.85. The summed E-state index contributed by atoms with van der Waals surface area (Å²) in [4.78, 5) is 43.2. The van der Waals surface area contributed by atoms with Crippen LogP contribution in [0.25, 0.3) is 5.57 Å². The van der Waals surface area contributed by atoms with Crippen molar-refractivity contribution in [1.82, 2.24) is 25.4 Å². The third-order valence-corrected chi connectivity index (χ3v) is 9.88. The zero-order chi connectivity index (χ0) is 22.2. The number of amides is 2. The first-order chi connectivity index (χ1) is 14.8. The summed E-state index contributed by atoms with van der Waals surface area (Å²) in [5.74, 6) is -1.05. The van der Waals surface area contributed by atoms with Gasteiger partial charge < -0.3 is 21.1 Å². The lowest BCUT2D eigenvalue weighted by atomic mass is 9.89. The number of aliphatic carboxylic acids is 1. The van der Waals surface area contributed by atoms with E-state index < -0.39 is 23.3 Å². The molecule has 0 radical (unpaired) electrons. The lowest BCUT2D eigenvalue weighted by molar-refractivity contribution is -0.157. The van der Waals surface area contributed by atoms with Crippen LogP contribution in [0.1, 0.15) is 5.69 Å². The molecule has 0 aromatic carbocycles. The van der Waals surface area contributed by atoms with E-state index in [0.717, 1.165) is 0 Å². The Balaban J connectivity index is 1.41. The molecule has 31 heavy (non-hydrogen) atoms. The summed E-state index contributed by atoms with van der Waals surface area (Å²) < 4.78 is 2.28.